The van der Waals surface area contributed by atoms with E-state index in [4.69, 9.17) is 0 Å². The quantitative estimate of drug-likeness (QED) is 0.858. The van der Waals surface area contributed by atoms with Crippen molar-refractivity contribution in [3.8, 4) is 0 Å². The molecule has 2 amide bonds. The Labute approximate surface area is 164 Å². The predicted octanol–water partition coefficient (Wildman–Crippen LogP) is 2.35. The summed E-state index contributed by atoms with van der Waals surface area (Å²) in [5, 5.41) is 4.27. The lowest BCUT2D eigenvalue weighted by Crippen LogP contribution is -2.57. The summed E-state index contributed by atoms with van der Waals surface area (Å²) in [7, 11) is 0. The van der Waals surface area contributed by atoms with Crippen LogP contribution in [0, 0.1) is 0 Å². The number of carbonyl (C=O) groups is 2. The van der Waals surface area contributed by atoms with Crippen molar-refractivity contribution in [1.29, 1.82) is 0 Å². The molecule has 2 heterocycles. The van der Waals surface area contributed by atoms with Crippen molar-refractivity contribution >= 4 is 34.7 Å². The zero-order valence-electron chi connectivity index (χ0n) is 16.0. The van der Waals surface area contributed by atoms with Crippen LogP contribution in [-0.4, -0.2) is 36.8 Å². The van der Waals surface area contributed by atoms with E-state index in [1.807, 2.05) is 30.3 Å². The molecular weight excluding hydrogens is 354 g/mol. The fourth-order valence-corrected chi connectivity index (χ4v) is 3.55. The summed E-state index contributed by atoms with van der Waals surface area (Å²) < 4.78 is 0. The summed E-state index contributed by atoms with van der Waals surface area (Å²) in [4.78, 5) is 31.8. The number of anilines is 3. The third-order valence-electron chi connectivity index (χ3n) is 5.06. The van der Waals surface area contributed by atoms with Crippen LogP contribution in [0.1, 0.15) is 19.4 Å². The van der Waals surface area contributed by atoms with Crippen LogP contribution in [0.15, 0.2) is 53.5 Å². The van der Waals surface area contributed by atoms with E-state index >= 15 is 0 Å². The van der Waals surface area contributed by atoms with E-state index in [0.717, 1.165) is 25.2 Å². The Balaban J connectivity index is 1.53. The first-order chi connectivity index (χ1) is 13.6. The SMILES string of the molecule is CCN1CCc2ccc(NC(=O)C3=NC(C)C(=O)N(c4ccccc4)N3)cc21. The molecule has 0 radical (unpaired) electrons. The lowest BCUT2D eigenvalue weighted by molar-refractivity contribution is -0.120. The van der Waals surface area contributed by atoms with E-state index in [0.29, 0.717) is 11.4 Å². The molecule has 7 heteroatoms. The Kier molecular flexibility index (Phi) is 4.73. The van der Waals surface area contributed by atoms with Gasteiger partial charge in [-0.25, -0.2) is 10.0 Å². The zero-order valence-corrected chi connectivity index (χ0v) is 16.0. The van der Waals surface area contributed by atoms with Gasteiger partial charge in [-0.2, -0.15) is 0 Å². The number of nitrogens with zero attached hydrogens (tertiary/aromatic N) is 3. The molecule has 2 aliphatic heterocycles. The molecule has 28 heavy (non-hydrogen) atoms. The van der Waals surface area contributed by atoms with E-state index in [1.54, 1.807) is 19.1 Å². The van der Waals surface area contributed by atoms with Gasteiger partial charge in [0.05, 0.1) is 5.69 Å². The number of amides is 2. The van der Waals surface area contributed by atoms with Gasteiger partial charge in [0.25, 0.3) is 11.8 Å². The van der Waals surface area contributed by atoms with Gasteiger partial charge in [0.15, 0.2) is 0 Å². The molecule has 0 fully saturated rings. The Morgan fingerprint density at radius 3 is 2.79 bits per heavy atom. The number of para-hydroxylation sites is 1. The highest BCUT2D eigenvalue weighted by Gasteiger charge is 2.31. The number of rotatable bonds is 4. The first-order valence-corrected chi connectivity index (χ1v) is 9.49. The molecule has 2 N–H and O–H groups in total. The Bertz CT molecular complexity index is 941. The molecule has 2 aromatic rings. The smallest absolute Gasteiger partial charge is 0.292 e. The van der Waals surface area contributed by atoms with Crippen LogP contribution in [0.25, 0.3) is 0 Å². The zero-order chi connectivity index (χ0) is 19.7. The van der Waals surface area contributed by atoms with Gasteiger partial charge in [-0.1, -0.05) is 24.3 Å². The third kappa shape index (κ3) is 3.31. The molecule has 0 spiro atoms. The molecule has 0 bridgehead atoms. The van der Waals surface area contributed by atoms with Crippen molar-refractivity contribution in [3.63, 3.8) is 0 Å². The van der Waals surface area contributed by atoms with E-state index in [-0.39, 0.29) is 17.6 Å². The second-order valence-electron chi connectivity index (χ2n) is 6.90. The molecule has 7 nitrogen and oxygen atoms in total. The molecule has 2 aliphatic rings. The van der Waals surface area contributed by atoms with Crippen molar-refractivity contribution in [2.24, 2.45) is 4.99 Å². The van der Waals surface area contributed by atoms with Crippen LogP contribution in [0.5, 0.6) is 0 Å². The molecule has 0 aliphatic carbocycles. The van der Waals surface area contributed by atoms with Crippen molar-refractivity contribution in [2.45, 2.75) is 26.3 Å². The van der Waals surface area contributed by atoms with E-state index in [9.17, 15) is 9.59 Å². The summed E-state index contributed by atoms with van der Waals surface area (Å²) in [6, 6.07) is 14.5. The minimum Gasteiger partial charge on any atom is -0.371 e. The van der Waals surface area contributed by atoms with E-state index in [2.05, 4.69) is 33.6 Å². The summed E-state index contributed by atoms with van der Waals surface area (Å²) >= 11 is 0. The number of fused-ring (bicyclic) bond motifs is 1. The first kappa shape index (κ1) is 18.0. The second kappa shape index (κ2) is 7.34. The number of hydrogen-bond acceptors (Lipinski definition) is 5. The highest BCUT2D eigenvalue weighted by molar-refractivity contribution is 6.43. The average Bonchev–Trinajstić information content (AvgIpc) is 3.13. The van der Waals surface area contributed by atoms with Gasteiger partial charge in [0.1, 0.15) is 6.04 Å². The van der Waals surface area contributed by atoms with Crippen LogP contribution in [-0.2, 0) is 16.0 Å². The summed E-state index contributed by atoms with van der Waals surface area (Å²) in [6.07, 6.45) is 1.03. The fourth-order valence-electron chi connectivity index (χ4n) is 3.55. The molecule has 1 atom stereocenters. The minimum atomic E-state index is -0.641. The van der Waals surface area contributed by atoms with Crippen LogP contribution in [0.3, 0.4) is 0 Å². The van der Waals surface area contributed by atoms with Crippen molar-refractivity contribution in [1.82, 2.24) is 5.43 Å². The number of aliphatic imine (C=N–C) groups is 1. The summed E-state index contributed by atoms with van der Waals surface area (Å²) in [5.74, 6) is -0.469. The number of likely N-dealkylation sites (N-methyl/N-ethyl adjacent to an activating group) is 1. The van der Waals surface area contributed by atoms with Crippen molar-refractivity contribution in [3.05, 3.63) is 54.1 Å². The third-order valence-corrected chi connectivity index (χ3v) is 5.06. The maximum absolute atomic E-state index is 12.8. The van der Waals surface area contributed by atoms with Crippen molar-refractivity contribution in [2.75, 3.05) is 28.3 Å². The number of carbonyl (C=O) groups excluding carboxylic acids is 2. The minimum absolute atomic E-state index is 0.115. The van der Waals surface area contributed by atoms with Gasteiger partial charge in [-0.3, -0.25) is 15.0 Å². The monoisotopic (exact) mass is 377 g/mol. The lowest BCUT2D eigenvalue weighted by atomic mass is 10.1. The largest absolute Gasteiger partial charge is 0.371 e. The maximum Gasteiger partial charge on any atom is 0.292 e. The lowest BCUT2D eigenvalue weighted by Gasteiger charge is -2.30. The van der Waals surface area contributed by atoms with E-state index in [1.165, 1.54) is 10.6 Å². The van der Waals surface area contributed by atoms with Crippen LogP contribution in [0.2, 0.25) is 0 Å². The molecule has 0 saturated carbocycles. The molecule has 4 rings (SSSR count). The highest BCUT2D eigenvalue weighted by Crippen LogP contribution is 2.30. The number of hydrogen-bond donors (Lipinski definition) is 2. The Hall–Kier alpha value is -3.35. The Morgan fingerprint density at radius 1 is 1.25 bits per heavy atom. The van der Waals surface area contributed by atoms with Gasteiger partial charge in [-0.05, 0) is 50.1 Å². The van der Waals surface area contributed by atoms with Gasteiger partial charge in [-0.15, -0.1) is 0 Å². The molecule has 2 aromatic carbocycles. The molecular formula is C21H23N5O2. The van der Waals surface area contributed by atoms with Gasteiger partial charge >= 0.3 is 0 Å². The second-order valence-corrected chi connectivity index (χ2v) is 6.90. The van der Waals surface area contributed by atoms with Crippen LogP contribution < -0.4 is 20.7 Å². The molecule has 0 saturated heterocycles. The topological polar surface area (TPSA) is 77.0 Å². The number of nitrogens with one attached hydrogen (secondary N) is 2. The predicted molar refractivity (Wildman–Crippen MR) is 111 cm³/mol. The Morgan fingerprint density at radius 2 is 2.04 bits per heavy atom. The summed E-state index contributed by atoms with van der Waals surface area (Å²) in [6.45, 7) is 5.74. The normalized spacial score (nSPS) is 18.4. The number of hydrazine groups is 1. The average molecular weight is 377 g/mol. The fraction of sp³-hybridized carbons (Fsp3) is 0.286. The summed E-state index contributed by atoms with van der Waals surface area (Å²) in [5.41, 5.74) is 6.68. The van der Waals surface area contributed by atoms with Gasteiger partial charge < -0.3 is 10.2 Å². The van der Waals surface area contributed by atoms with Crippen molar-refractivity contribution < 1.29 is 9.59 Å². The van der Waals surface area contributed by atoms with Crippen LogP contribution in [0.4, 0.5) is 17.1 Å². The van der Waals surface area contributed by atoms with Crippen LogP contribution >= 0.6 is 0 Å². The number of benzene rings is 2. The molecule has 144 valence electrons. The first-order valence-electron chi connectivity index (χ1n) is 9.49. The standard InChI is InChI=1S/C21H23N5O2/c1-3-25-12-11-15-9-10-16(13-18(15)25)23-20(27)19-22-14(2)21(28)26(24-19)17-7-5-4-6-8-17/h4-10,13-14H,3,11-12H2,1-2H3,(H,22,24)(H,23,27). The maximum atomic E-state index is 12.8. The molecule has 0 aromatic heterocycles. The van der Waals surface area contributed by atoms with E-state index < -0.39 is 6.04 Å². The van der Waals surface area contributed by atoms with Gasteiger partial charge in [0.2, 0.25) is 5.84 Å². The van der Waals surface area contributed by atoms with Gasteiger partial charge in [0, 0.05) is 24.5 Å². The number of amidine groups is 1. The highest BCUT2D eigenvalue weighted by atomic mass is 16.2. The molecule has 1 unspecified atom stereocenters.